The predicted octanol–water partition coefficient (Wildman–Crippen LogP) is 0.726. The van der Waals surface area contributed by atoms with E-state index in [0.29, 0.717) is 30.9 Å². The lowest BCUT2D eigenvalue weighted by atomic mass is 9.98. The Hall–Kier alpha value is -3.16. The molecule has 8 nitrogen and oxygen atoms in total. The summed E-state index contributed by atoms with van der Waals surface area (Å²) in [5, 5.41) is 0. The van der Waals surface area contributed by atoms with Gasteiger partial charge >= 0.3 is 0 Å². The van der Waals surface area contributed by atoms with Crippen LogP contribution in [-0.4, -0.2) is 53.4 Å². The highest BCUT2D eigenvalue weighted by Gasteiger charge is 2.30. The second-order valence-electron chi connectivity index (χ2n) is 6.06. The molecule has 2 aliphatic rings. The molecule has 0 saturated carbocycles. The van der Waals surface area contributed by atoms with Gasteiger partial charge in [0, 0.05) is 24.8 Å². The maximum atomic E-state index is 13.0. The van der Waals surface area contributed by atoms with Gasteiger partial charge in [0.1, 0.15) is 24.3 Å². The second-order valence-corrected chi connectivity index (χ2v) is 6.06. The van der Waals surface area contributed by atoms with Gasteiger partial charge in [0.05, 0.1) is 6.54 Å². The maximum Gasteiger partial charge on any atom is 0.267 e. The van der Waals surface area contributed by atoms with Crippen LogP contribution >= 0.6 is 0 Å². The number of benzene rings is 1. The summed E-state index contributed by atoms with van der Waals surface area (Å²) in [6.45, 7) is 1.32. The average Bonchev–Trinajstić information content (AvgIpc) is 2.78. The van der Waals surface area contributed by atoms with Crippen LogP contribution in [0.4, 0.5) is 11.5 Å². The van der Waals surface area contributed by atoms with Crippen molar-refractivity contribution < 1.29 is 14.3 Å². The second kappa shape index (κ2) is 5.73. The third-order valence-electron chi connectivity index (χ3n) is 4.55. The number of carbonyl (C=O) groups excluding carboxylic acids is 2. The first-order valence-corrected chi connectivity index (χ1v) is 8.00. The molecule has 3 heterocycles. The molecular weight excluding hydrogens is 322 g/mol. The minimum Gasteiger partial charge on any atom is -0.475 e. The fourth-order valence-electron chi connectivity index (χ4n) is 3.17. The van der Waals surface area contributed by atoms with E-state index in [-0.39, 0.29) is 29.1 Å². The standard InChI is InChI=1S/C17H17N5O3/c1-21-5-4-10-8-11(2-3-12(10)16(21)23)22-6-7-25-15-13(17(22)24)14(18)19-9-20-15/h2-3,8-9H,4-7H2,1H3,(H2,18,19,20). The Morgan fingerprint density at radius 1 is 1.16 bits per heavy atom. The number of hydrogen-bond acceptors (Lipinski definition) is 6. The summed E-state index contributed by atoms with van der Waals surface area (Å²) in [6, 6.07) is 5.44. The van der Waals surface area contributed by atoms with Crippen LogP contribution in [0.2, 0.25) is 0 Å². The Bertz CT molecular complexity index is 883. The summed E-state index contributed by atoms with van der Waals surface area (Å²) < 4.78 is 5.54. The van der Waals surface area contributed by atoms with Crippen LogP contribution in [0.5, 0.6) is 5.88 Å². The van der Waals surface area contributed by atoms with Crippen molar-refractivity contribution in [1.82, 2.24) is 14.9 Å². The number of rotatable bonds is 1. The zero-order chi connectivity index (χ0) is 17.6. The van der Waals surface area contributed by atoms with Gasteiger partial charge in [-0.1, -0.05) is 0 Å². The van der Waals surface area contributed by atoms with E-state index in [1.54, 1.807) is 29.0 Å². The fourth-order valence-corrected chi connectivity index (χ4v) is 3.17. The third kappa shape index (κ3) is 2.46. The Kier molecular flexibility index (Phi) is 3.52. The van der Waals surface area contributed by atoms with E-state index in [2.05, 4.69) is 9.97 Å². The Balaban J connectivity index is 1.74. The number of anilines is 2. The van der Waals surface area contributed by atoms with Crippen molar-refractivity contribution >= 4 is 23.3 Å². The third-order valence-corrected chi connectivity index (χ3v) is 4.55. The Labute approximate surface area is 144 Å². The smallest absolute Gasteiger partial charge is 0.267 e. The summed E-state index contributed by atoms with van der Waals surface area (Å²) in [7, 11) is 1.79. The topological polar surface area (TPSA) is 102 Å². The number of nitrogens with zero attached hydrogens (tertiary/aromatic N) is 4. The lowest BCUT2D eigenvalue weighted by Crippen LogP contribution is -2.35. The number of nitrogens with two attached hydrogens (primary N) is 1. The van der Waals surface area contributed by atoms with Gasteiger partial charge in [-0.25, -0.2) is 9.97 Å². The first-order valence-electron chi connectivity index (χ1n) is 8.00. The highest BCUT2D eigenvalue weighted by Crippen LogP contribution is 2.29. The van der Waals surface area contributed by atoms with Gasteiger partial charge in [-0.15, -0.1) is 0 Å². The lowest BCUT2D eigenvalue weighted by Gasteiger charge is -2.27. The molecular formula is C17H17N5O3. The van der Waals surface area contributed by atoms with Gasteiger partial charge in [0.2, 0.25) is 5.88 Å². The molecule has 0 saturated heterocycles. The molecule has 0 fully saturated rings. The lowest BCUT2D eigenvalue weighted by molar-refractivity contribution is 0.0781. The number of hydrogen-bond donors (Lipinski definition) is 1. The average molecular weight is 339 g/mol. The van der Waals surface area contributed by atoms with Crippen molar-refractivity contribution in [3.8, 4) is 5.88 Å². The van der Waals surface area contributed by atoms with Crippen molar-refractivity contribution in [2.45, 2.75) is 6.42 Å². The van der Waals surface area contributed by atoms with E-state index < -0.39 is 0 Å². The minimum absolute atomic E-state index is 0.00122. The molecule has 25 heavy (non-hydrogen) atoms. The molecule has 0 atom stereocenters. The van der Waals surface area contributed by atoms with E-state index in [1.165, 1.54) is 6.33 Å². The zero-order valence-electron chi connectivity index (χ0n) is 13.7. The molecule has 1 aromatic carbocycles. The van der Waals surface area contributed by atoms with Crippen LogP contribution < -0.4 is 15.4 Å². The van der Waals surface area contributed by atoms with Crippen molar-refractivity contribution in [2.75, 3.05) is 37.4 Å². The largest absolute Gasteiger partial charge is 0.475 e. The van der Waals surface area contributed by atoms with Crippen molar-refractivity contribution in [3.05, 3.63) is 41.2 Å². The molecule has 2 amide bonds. The molecule has 0 spiro atoms. The number of carbonyl (C=O) groups is 2. The molecule has 0 aliphatic carbocycles. The van der Waals surface area contributed by atoms with Crippen LogP contribution in [0.15, 0.2) is 24.5 Å². The molecule has 4 rings (SSSR count). The van der Waals surface area contributed by atoms with E-state index in [0.717, 1.165) is 12.0 Å². The van der Waals surface area contributed by atoms with Gasteiger partial charge in [0.15, 0.2) is 0 Å². The van der Waals surface area contributed by atoms with Crippen LogP contribution in [0.1, 0.15) is 26.3 Å². The highest BCUT2D eigenvalue weighted by atomic mass is 16.5. The quantitative estimate of drug-likeness (QED) is 0.822. The van der Waals surface area contributed by atoms with Gasteiger partial charge < -0.3 is 20.3 Å². The normalized spacial score (nSPS) is 16.8. The SMILES string of the molecule is CN1CCc2cc(N3CCOc4ncnc(N)c4C3=O)ccc2C1=O. The van der Waals surface area contributed by atoms with Crippen molar-refractivity contribution in [3.63, 3.8) is 0 Å². The maximum absolute atomic E-state index is 13.0. The summed E-state index contributed by atoms with van der Waals surface area (Å²) >= 11 is 0. The molecule has 8 heteroatoms. The van der Waals surface area contributed by atoms with Crippen molar-refractivity contribution in [1.29, 1.82) is 0 Å². The molecule has 0 bridgehead atoms. The van der Waals surface area contributed by atoms with Crippen LogP contribution in [0, 0.1) is 0 Å². The molecule has 2 aromatic rings. The van der Waals surface area contributed by atoms with E-state index in [4.69, 9.17) is 10.5 Å². The molecule has 0 radical (unpaired) electrons. The number of ether oxygens (including phenoxy) is 1. The molecule has 2 aliphatic heterocycles. The highest BCUT2D eigenvalue weighted by molar-refractivity contribution is 6.11. The van der Waals surface area contributed by atoms with Gasteiger partial charge in [-0.3, -0.25) is 9.59 Å². The van der Waals surface area contributed by atoms with E-state index >= 15 is 0 Å². The van der Waals surface area contributed by atoms with E-state index in [1.807, 2.05) is 6.07 Å². The first kappa shape index (κ1) is 15.4. The predicted molar refractivity (Wildman–Crippen MR) is 90.7 cm³/mol. The Morgan fingerprint density at radius 2 is 2.00 bits per heavy atom. The monoisotopic (exact) mass is 339 g/mol. The molecule has 128 valence electrons. The fraction of sp³-hybridized carbons (Fsp3) is 0.294. The van der Waals surface area contributed by atoms with E-state index in [9.17, 15) is 9.59 Å². The Morgan fingerprint density at radius 3 is 2.84 bits per heavy atom. The number of amides is 2. The first-order chi connectivity index (χ1) is 12.1. The summed E-state index contributed by atoms with van der Waals surface area (Å²) in [5.41, 5.74) is 8.36. The number of aromatic nitrogens is 2. The number of fused-ring (bicyclic) bond motifs is 2. The summed E-state index contributed by atoms with van der Waals surface area (Å²) in [4.78, 5) is 36.4. The summed E-state index contributed by atoms with van der Waals surface area (Å²) in [5.74, 6) is -0.00227. The van der Waals surface area contributed by atoms with Crippen LogP contribution in [0.3, 0.4) is 0 Å². The van der Waals surface area contributed by atoms with Crippen LogP contribution in [0.25, 0.3) is 0 Å². The van der Waals surface area contributed by atoms with Gasteiger partial charge in [0.25, 0.3) is 11.8 Å². The van der Waals surface area contributed by atoms with Gasteiger partial charge in [-0.05, 0) is 30.2 Å². The molecule has 0 unspecified atom stereocenters. The van der Waals surface area contributed by atoms with Crippen LogP contribution in [-0.2, 0) is 6.42 Å². The summed E-state index contributed by atoms with van der Waals surface area (Å²) in [6.07, 6.45) is 2.03. The zero-order valence-corrected chi connectivity index (χ0v) is 13.7. The van der Waals surface area contributed by atoms with Crippen molar-refractivity contribution in [2.24, 2.45) is 0 Å². The minimum atomic E-state index is -0.301. The number of nitrogen functional groups attached to an aromatic ring is 1. The molecule has 1 aromatic heterocycles. The molecule has 2 N–H and O–H groups in total. The number of likely N-dealkylation sites (N-methyl/N-ethyl adjacent to an activating group) is 1. The van der Waals surface area contributed by atoms with Gasteiger partial charge in [-0.2, -0.15) is 0 Å².